The molecule has 2 nitrogen and oxygen atoms in total. The maximum Gasteiger partial charge on any atom is 0.148 e. The number of rotatable bonds is 5. The fourth-order valence-electron chi connectivity index (χ4n) is 2.84. The van der Waals surface area contributed by atoms with Gasteiger partial charge in [-0.05, 0) is 40.4 Å². The minimum Gasteiger partial charge on any atom is -0.333 e. The van der Waals surface area contributed by atoms with Crippen LogP contribution < -0.4 is 4.98 Å². The molecule has 0 fully saturated rings. The molecule has 0 aromatic rings. The van der Waals surface area contributed by atoms with Crippen LogP contribution in [0.1, 0.15) is 27.7 Å². The molecular formula is C15H29N2Si. The second-order valence-corrected chi connectivity index (χ2v) is 10.3. The summed E-state index contributed by atoms with van der Waals surface area (Å²) in [6.45, 7) is 16.1. The summed E-state index contributed by atoms with van der Waals surface area (Å²) >= 11 is 0. The number of nitrogens with one attached hydrogen (secondary N) is 1. The molecule has 0 aromatic heterocycles. The van der Waals surface area contributed by atoms with Crippen LogP contribution in [0.2, 0.25) is 13.1 Å². The summed E-state index contributed by atoms with van der Waals surface area (Å²) in [5, 5.41) is 1.62. The van der Waals surface area contributed by atoms with E-state index in [4.69, 9.17) is 0 Å². The van der Waals surface area contributed by atoms with Gasteiger partial charge in [0, 0.05) is 19.0 Å². The Bertz CT molecular complexity index is 378. The van der Waals surface area contributed by atoms with Gasteiger partial charge in [0.15, 0.2) is 0 Å². The number of likely N-dealkylation sites (N-methyl/N-ethyl adjacent to an activating group) is 1. The van der Waals surface area contributed by atoms with E-state index in [1.807, 2.05) is 0 Å². The van der Waals surface area contributed by atoms with E-state index < -0.39 is 8.24 Å². The van der Waals surface area contributed by atoms with Crippen molar-refractivity contribution in [3.05, 3.63) is 27.8 Å². The largest absolute Gasteiger partial charge is 0.333 e. The summed E-state index contributed by atoms with van der Waals surface area (Å²) in [5.41, 5.74) is 4.48. The highest BCUT2D eigenvalue weighted by Crippen LogP contribution is 2.41. The first-order valence-corrected chi connectivity index (χ1v) is 9.81. The van der Waals surface area contributed by atoms with Crippen LogP contribution >= 0.6 is 0 Å². The Labute approximate surface area is 114 Å². The monoisotopic (exact) mass is 265 g/mol. The van der Waals surface area contributed by atoms with Gasteiger partial charge in [0.05, 0.1) is 0 Å². The third-order valence-electron chi connectivity index (χ3n) is 4.19. The van der Waals surface area contributed by atoms with Crippen LogP contribution in [0.25, 0.3) is 0 Å². The molecule has 1 N–H and O–H groups in total. The Balaban J connectivity index is 2.81. The quantitative estimate of drug-likeness (QED) is 0.768. The van der Waals surface area contributed by atoms with E-state index in [1.54, 1.807) is 5.20 Å². The van der Waals surface area contributed by atoms with Gasteiger partial charge in [-0.2, -0.15) is 0 Å². The van der Waals surface area contributed by atoms with Gasteiger partial charge in [-0.1, -0.05) is 36.4 Å². The van der Waals surface area contributed by atoms with Crippen LogP contribution in [-0.2, 0) is 0 Å². The van der Waals surface area contributed by atoms with Crippen molar-refractivity contribution in [3.8, 4) is 0 Å². The Kier molecular flexibility index (Phi) is 4.98. The Hall–Kier alpha value is -0.383. The third kappa shape index (κ3) is 3.14. The lowest BCUT2D eigenvalue weighted by Gasteiger charge is -2.30. The molecule has 1 aliphatic rings. The highest BCUT2D eigenvalue weighted by molar-refractivity contribution is 6.83. The first-order chi connectivity index (χ1) is 8.18. The van der Waals surface area contributed by atoms with E-state index in [0.717, 1.165) is 13.1 Å². The number of hydrogen-bond acceptors (Lipinski definition) is 2. The summed E-state index contributed by atoms with van der Waals surface area (Å²) in [5.74, 6) is 1.51. The minimum atomic E-state index is -1.52. The van der Waals surface area contributed by atoms with E-state index >= 15 is 0 Å². The van der Waals surface area contributed by atoms with Crippen LogP contribution in [-0.4, -0.2) is 40.3 Å². The molecule has 0 saturated heterocycles. The fraction of sp³-hybridized carbons (Fsp3) is 0.667. The molecule has 0 atom stereocenters. The Morgan fingerprint density at radius 2 is 1.50 bits per heavy atom. The third-order valence-corrected chi connectivity index (χ3v) is 7.32. The van der Waals surface area contributed by atoms with E-state index in [0.29, 0.717) is 0 Å². The summed E-state index contributed by atoms with van der Waals surface area (Å²) in [4.78, 5) is 6.06. The lowest BCUT2D eigenvalue weighted by Crippen LogP contribution is -2.50. The average Bonchev–Trinajstić information content (AvgIpc) is 2.42. The summed E-state index contributed by atoms with van der Waals surface area (Å²) in [6.07, 6.45) is 0. The molecular weight excluding hydrogens is 236 g/mol. The van der Waals surface area contributed by atoms with Gasteiger partial charge in [0.1, 0.15) is 8.24 Å². The maximum absolute atomic E-state index is 3.83. The van der Waals surface area contributed by atoms with Crippen LogP contribution in [0.3, 0.4) is 0 Å². The lowest BCUT2D eigenvalue weighted by molar-refractivity contribution is 0.413. The highest BCUT2D eigenvalue weighted by Gasteiger charge is 2.36. The molecule has 1 radical (unpaired) electrons. The smallest absolute Gasteiger partial charge is 0.148 e. The van der Waals surface area contributed by atoms with E-state index in [-0.39, 0.29) is 0 Å². The van der Waals surface area contributed by atoms with E-state index in [2.05, 4.69) is 64.8 Å². The molecule has 18 heavy (non-hydrogen) atoms. The topological polar surface area (TPSA) is 15.3 Å². The van der Waals surface area contributed by atoms with Gasteiger partial charge in [-0.25, -0.2) is 0 Å². The van der Waals surface area contributed by atoms with Gasteiger partial charge in [-0.15, -0.1) is 0 Å². The maximum atomic E-state index is 3.83. The molecule has 0 aliphatic heterocycles. The summed E-state index contributed by atoms with van der Waals surface area (Å²) in [6, 6.07) is 0. The molecule has 0 heterocycles. The molecule has 0 saturated carbocycles. The standard InChI is InChI=1S/C15H29N2Si/c1-11-12(2)14(4)15(13(11)3)18(7,8)16-9-10-17(5)6/h16H,9-10H2,1-8H3. The molecule has 0 bridgehead atoms. The minimum absolute atomic E-state index is 1.08. The van der Waals surface area contributed by atoms with Gasteiger partial charge >= 0.3 is 0 Å². The Morgan fingerprint density at radius 3 is 1.89 bits per heavy atom. The van der Waals surface area contributed by atoms with Crippen molar-refractivity contribution < 1.29 is 0 Å². The first-order valence-electron chi connectivity index (χ1n) is 6.81. The van der Waals surface area contributed by atoms with Crippen LogP contribution in [0.4, 0.5) is 0 Å². The van der Waals surface area contributed by atoms with Crippen LogP contribution in [0, 0.1) is 5.92 Å². The van der Waals surface area contributed by atoms with Crippen molar-refractivity contribution in [3.63, 3.8) is 0 Å². The molecule has 0 aromatic carbocycles. The van der Waals surface area contributed by atoms with Crippen molar-refractivity contribution in [1.82, 2.24) is 9.88 Å². The zero-order valence-electron chi connectivity index (χ0n) is 13.4. The zero-order chi connectivity index (χ0) is 14.1. The van der Waals surface area contributed by atoms with Crippen molar-refractivity contribution >= 4 is 8.24 Å². The second kappa shape index (κ2) is 5.72. The SMILES string of the molecule is C[C]1C(C)=C(C)C(C)=C1[Si](C)(C)NCCN(C)C. The molecule has 0 amide bonds. The van der Waals surface area contributed by atoms with E-state index in [1.165, 1.54) is 22.6 Å². The zero-order valence-corrected chi connectivity index (χ0v) is 14.4. The van der Waals surface area contributed by atoms with Crippen LogP contribution in [0.15, 0.2) is 21.9 Å². The van der Waals surface area contributed by atoms with Crippen LogP contribution in [0.5, 0.6) is 0 Å². The van der Waals surface area contributed by atoms with Gasteiger partial charge in [-0.3, -0.25) is 0 Å². The van der Waals surface area contributed by atoms with Gasteiger partial charge in [0.25, 0.3) is 0 Å². The number of hydrogen-bond donors (Lipinski definition) is 1. The van der Waals surface area contributed by atoms with E-state index in [9.17, 15) is 0 Å². The summed E-state index contributed by atoms with van der Waals surface area (Å²) < 4.78 is 0. The average molecular weight is 265 g/mol. The van der Waals surface area contributed by atoms with Gasteiger partial charge in [0.2, 0.25) is 0 Å². The van der Waals surface area contributed by atoms with Crippen molar-refractivity contribution in [1.29, 1.82) is 0 Å². The van der Waals surface area contributed by atoms with Crippen molar-refractivity contribution in [2.75, 3.05) is 27.2 Å². The highest BCUT2D eigenvalue weighted by atomic mass is 28.3. The molecule has 1 aliphatic carbocycles. The lowest BCUT2D eigenvalue weighted by atomic mass is 10.1. The van der Waals surface area contributed by atoms with Gasteiger partial charge < -0.3 is 9.88 Å². The second-order valence-electron chi connectivity index (χ2n) is 6.23. The number of nitrogens with zero attached hydrogens (tertiary/aromatic N) is 1. The fourth-order valence-corrected chi connectivity index (χ4v) is 6.00. The predicted molar refractivity (Wildman–Crippen MR) is 84.0 cm³/mol. The number of allylic oxidation sites excluding steroid dienone is 4. The Morgan fingerprint density at radius 1 is 0.944 bits per heavy atom. The molecule has 0 unspecified atom stereocenters. The molecule has 0 spiro atoms. The first kappa shape index (κ1) is 15.7. The van der Waals surface area contributed by atoms with Crippen molar-refractivity contribution in [2.45, 2.75) is 40.8 Å². The summed E-state index contributed by atoms with van der Waals surface area (Å²) in [7, 11) is 2.73. The normalized spacial score (nSPS) is 18.5. The molecule has 3 heteroatoms. The molecule has 103 valence electrons. The predicted octanol–water partition coefficient (Wildman–Crippen LogP) is 3.14. The molecule has 1 rings (SSSR count). The van der Waals surface area contributed by atoms with Crippen molar-refractivity contribution in [2.24, 2.45) is 0 Å².